The van der Waals surface area contributed by atoms with Crippen molar-refractivity contribution < 1.29 is 4.90 Å². The molecule has 5 nitrogen and oxygen atoms in total. The first-order valence-electron chi connectivity index (χ1n) is 9.13. The van der Waals surface area contributed by atoms with E-state index in [1.165, 1.54) is 29.8 Å². The predicted octanol–water partition coefficient (Wildman–Crippen LogP) is 1.77. The highest BCUT2D eigenvalue weighted by Crippen LogP contribution is 2.52. The van der Waals surface area contributed by atoms with Crippen molar-refractivity contribution in [3.8, 4) is 0 Å². The van der Waals surface area contributed by atoms with Crippen LogP contribution in [0.3, 0.4) is 0 Å². The second kappa shape index (κ2) is 5.64. The number of likely N-dealkylation sites (tertiary alicyclic amines) is 1. The molecule has 1 aromatic carbocycles. The van der Waals surface area contributed by atoms with Crippen molar-refractivity contribution >= 4 is 16.9 Å². The average molecular weight is 334 g/mol. The summed E-state index contributed by atoms with van der Waals surface area (Å²) >= 11 is 0. The van der Waals surface area contributed by atoms with Gasteiger partial charge in [0.1, 0.15) is 23.4 Å². The van der Waals surface area contributed by atoms with Crippen molar-refractivity contribution in [2.24, 2.45) is 5.41 Å². The molecule has 2 aliphatic rings. The van der Waals surface area contributed by atoms with Crippen LogP contribution < -0.4 is 4.90 Å². The minimum atomic E-state index is 0.479. The Morgan fingerprint density at radius 2 is 2.04 bits per heavy atom. The number of fused-ring (bicyclic) bond motifs is 1. The summed E-state index contributed by atoms with van der Waals surface area (Å²) in [4.78, 5) is 16.3. The molecule has 2 unspecified atom stereocenters. The fourth-order valence-electron chi connectivity index (χ4n) is 4.65. The van der Waals surface area contributed by atoms with Crippen LogP contribution in [0, 0.1) is 5.41 Å². The molecular formula is C20H24N5+. The Morgan fingerprint density at radius 1 is 1.20 bits per heavy atom. The fraction of sp³-hybridized carbons (Fsp3) is 0.400. The maximum atomic E-state index is 4.64. The van der Waals surface area contributed by atoms with Crippen LogP contribution >= 0.6 is 0 Å². The summed E-state index contributed by atoms with van der Waals surface area (Å²) in [5.74, 6) is 1.13. The van der Waals surface area contributed by atoms with Crippen LogP contribution in [0.1, 0.15) is 18.4 Å². The molecule has 5 rings (SSSR count). The summed E-state index contributed by atoms with van der Waals surface area (Å²) in [7, 11) is 2.28. The third-order valence-corrected chi connectivity index (χ3v) is 6.11. The van der Waals surface area contributed by atoms with Gasteiger partial charge in [-0.1, -0.05) is 30.3 Å². The number of aromatic nitrogens is 3. The molecule has 0 amide bonds. The molecule has 1 spiro atoms. The monoisotopic (exact) mass is 334 g/mol. The molecule has 3 aromatic rings. The summed E-state index contributed by atoms with van der Waals surface area (Å²) in [6, 6.07) is 13.5. The Kier molecular flexibility index (Phi) is 3.40. The van der Waals surface area contributed by atoms with E-state index in [9.17, 15) is 0 Å². The third kappa shape index (κ3) is 2.55. The van der Waals surface area contributed by atoms with Crippen molar-refractivity contribution in [3.63, 3.8) is 0 Å². The number of rotatable bonds is 4. The molecule has 2 aromatic heterocycles. The van der Waals surface area contributed by atoms with Crippen LogP contribution in [0.15, 0.2) is 48.9 Å². The van der Waals surface area contributed by atoms with Crippen LogP contribution in [-0.4, -0.2) is 46.0 Å². The number of aromatic amines is 1. The van der Waals surface area contributed by atoms with Crippen molar-refractivity contribution in [1.82, 2.24) is 19.9 Å². The first-order valence-corrected chi connectivity index (χ1v) is 9.13. The van der Waals surface area contributed by atoms with Crippen molar-refractivity contribution in [3.05, 3.63) is 54.5 Å². The number of nitrogens with zero attached hydrogens (tertiary/aromatic N) is 3. The van der Waals surface area contributed by atoms with E-state index >= 15 is 0 Å². The maximum Gasteiger partial charge on any atom is 0.238 e. The van der Waals surface area contributed by atoms with Gasteiger partial charge < -0.3 is 4.98 Å². The summed E-state index contributed by atoms with van der Waals surface area (Å²) in [6.45, 7) is 3.40. The molecule has 5 heteroatoms. The lowest BCUT2D eigenvalue weighted by molar-refractivity contribution is -0.844. The number of hydrogen-bond acceptors (Lipinski definition) is 3. The van der Waals surface area contributed by atoms with Crippen LogP contribution in [0.4, 0.5) is 5.82 Å². The van der Waals surface area contributed by atoms with Gasteiger partial charge in [-0.2, -0.15) is 4.98 Å². The molecule has 1 saturated carbocycles. The second-order valence-electron chi connectivity index (χ2n) is 7.72. The lowest BCUT2D eigenvalue weighted by atomic mass is 9.99. The molecule has 128 valence electrons. The molecule has 1 saturated heterocycles. The number of likely N-dealkylation sites (N-methyl/N-ethyl adjacent to an activating group) is 1. The van der Waals surface area contributed by atoms with E-state index in [1.54, 1.807) is 6.33 Å². The molecular weight excluding hydrogens is 310 g/mol. The minimum Gasteiger partial charge on any atom is -0.346 e. The normalized spacial score (nSPS) is 23.3. The molecule has 3 heterocycles. The van der Waals surface area contributed by atoms with Gasteiger partial charge in [0.05, 0.1) is 13.6 Å². The van der Waals surface area contributed by atoms with E-state index in [0.717, 1.165) is 29.9 Å². The lowest BCUT2D eigenvalue weighted by Crippen LogP contribution is -3.10. The lowest BCUT2D eigenvalue weighted by Gasteiger charge is -2.24. The maximum absolute atomic E-state index is 4.64. The van der Waals surface area contributed by atoms with Crippen LogP contribution in [0.25, 0.3) is 11.0 Å². The van der Waals surface area contributed by atoms with E-state index in [1.807, 2.05) is 6.20 Å². The minimum absolute atomic E-state index is 0.479. The highest BCUT2D eigenvalue weighted by atomic mass is 15.3. The van der Waals surface area contributed by atoms with Gasteiger partial charge in [0.2, 0.25) is 5.82 Å². The predicted molar refractivity (Wildman–Crippen MR) is 97.6 cm³/mol. The summed E-state index contributed by atoms with van der Waals surface area (Å²) < 4.78 is 0. The Hall–Kier alpha value is -2.24. The van der Waals surface area contributed by atoms with Gasteiger partial charge in [-0.3, -0.25) is 9.80 Å². The van der Waals surface area contributed by atoms with Crippen molar-refractivity contribution in [1.29, 1.82) is 0 Å². The summed E-state index contributed by atoms with van der Waals surface area (Å²) in [5, 5.41) is 1.15. The quantitative estimate of drug-likeness (QED) is 0.764. The van der Waals surface area contributed by atoms with Gasteiger partial charge in [-0.05, 0) is 24.5 Å². The van der Waals surface area contributed by atoms with E-state index < -0.39 is 0 Å². The number of hydrogen-bond donors (Lipinski definition) is 2. The van der Waals surface area contributed by atoms with Gasteiger partial charge >= 0.3 is 0 Å². The smallest absolute Gasteiger partial charge is 0.238 e. The number of H-pyrrole nitrogens is 1. The van der Waals surface area contributed by atoms with Crippen molar-refractivity contribution in [2.75, 3.05) is 20.1 Å². The zero-order chi connectivity index (χ0) is 16.9. The van der Waals surface area contributed by atoms with Gasteiger partial charge in [0, 0.05) is 24.7 Å². The number of quaternary nitrogens is 1. The highest BCUT2D eigenvalue weighted by Gasteiger charge is 2.59. The number of benzene rings is 1. The van der Waals surface area contributed by atoms with E-state index in [0.29, 0.717) is 11.5 Å². The molecule has 2 N–H and O–H groups in total. The van der Waals surface area contributed by atoms with Crippen LogP contribution in [0.5, 0.6) is 0 Å². The zero-order valence-electron chi connectivity index (χ0n) is 14.6. The second-order valence-corrected chi connectivity index (χ2v) is 7.72. The standard InChI is InChI=1S/C20H23N5/c1-24(19-16-7-10-21-18(16)22-14-23-19)17-12-25(13-20(17)8-9-20)11-15-5-3-2-4-6-15/h2-7,10,14,17H,8-9,11-13H2,1H3,(H,21,22,23)/p+1. The molecule has 25 heavy (non-hydrogen) atoms. The van der Waals surface area contributed by atoms with E-state index in [4.69, 9.17) is 0 Å². The van der Waals surface area contributed by atoms with Gasteiger partial charge in [-0.15, -0.1) is 0 Å². The Labute approximate surface area is 147 Å². The summed E-state index contributed by atoms with van der Waals surface area (Å²) in [5.41, 5.74) is 2.83. The van der Waals surface area contributed by atoms with Crippen LogP contribution in [-0.2, 0) is 6.54 Å². The first kappa shape index (κ1) is 15.0. The first-order chi connectivity index (χ1) is 12.3. The van der Waals surface area contributed by atoms with Gasteiger partial charge in [-0.25, -0.2) is 4.98 Å². The van der Waals surface area contributed by atoms with Crippen molar-refractivity contribution in [2.45, 2.75) is 25.4 Å². The Balaban J connectivity index is 1.41. The topological polar surface area (TPSA) is 49.3 Å². The molecule has 1 aliphatic carbocycles. The molecule has 1 aliphatic heterocycles. The van der Waals surface area contributed by atoms with Gasteiger partial charge in [0.25, 0.3) is 0 Å². The molecule has 0 bridgehead atoms. The van der Waals surface area contributed by atoms with Crippen LogP contribution in [0.2, 0.25) is 0 Å². The average Bonchev–Trinajstić information content (AvgIpc) is 3.09. The SMILES string of the molecule is C[NH+](c1ncnc2[nH]ccc12)C1CN(Cc2ccccc2)CC12CC2. The Bertz CT molecular complexity index is 883. The number of nitrogens with one attached hydrogen (secondary N) is 2. The Morgan fingerprint density at radius 3 is 2.84 bits per heavy atom. The third-order valence-electron chi connectivity index (χ3n) is 6.11. The molecule has 2 fully saturated rings. The molecule has 0 radical (unpaired) electrons. The van der Waals surface area contributed by atoms with E-state index in [2.05, 4.69) is 63.3 Å². The summed E-state index contributed by atoms with van der Waals surface area (Å²) in [6.07, 6.45) is 6.34. The largest absolute Gasteiger partial charge is 0.346 e. The highest BCUT2D eigenvalue weighted by molar-refractivity contribution is 5.82. The fourth-order valence-corrected chi connectivity index (χ4v) is 4.65. The van der Waals surface area contributed by atoms with Gasteiger partial charge in [0.15, 0.2) is 0 Å². The molecule has 2 atom stereocenters. The zero-order valence-corrected chi connectivity index (χ0v) is 14.6. The van der Waals surface area contributed by atoms with E-state index in [-0.39, 0.29) is 0 Å².